The summed E-state index contributed by atoms with van der Waals surface area (Å²) in [4.78, 5) is 25.9. The fourth-order valence-corrected chi connectivity index (χ4v) is 3.11. The van der Waals surface area contributed by atoms with Gasteiger partial charge in [0.2, 0.25) is 0 Å². The maximum atomic E-state index is 12.9. The summed E-state index contributed by atoms with van der Waals surface area (Å²) in [6, 6.07) is 22.8. The van der Waals surface area contributed by atoms with Crippen LogP contribution in [0.1, 0.15) is 28.1 Å². The van der Waals surface area contributed by atoms with E-state index in [1.54, 1.807) is 17.7 Å². The van der Waals surface area contributed by atoms with Crippen LogP contribution >= 0.6 is 0 Å². The number of aromatic nitrogens is 1. The number of rotatable bonds is 7. The number of nitriles is 1. The molecule has 31 heavy (non-hydrogen) atoms. The molecule has 2 N–H and O–H groups in total. The molecule has 6 heteroatoms. The first-order chi connectivity index (χ1) is 15.0. The number of carbonyl (C=O) groups excluding carboxylic acids is 2. The maximum absolute atomic E-state index is 12.9. The van der Waals surface area contributed by atoms with Crippen LogP contribution in [0.2, 0.25) is 0 Å². The van der Waals surface area contributed by atoms with Gasteiger partial charge in [-0.05, 0) is 35.8 Å². The number of benzene rings is 2. The van der Waals surface area contributed by atoms with Crippen molar-refractivity contribution in [1.29, 1.82) is 5.26 Å². The second-order valence-electron chi connectivity index (χ2n) is 7.14. The Hall–Kier alpha value is -4.11. The third-order valence-electron chi connectivity index (χ3n) is 5.07. The molecule has 3 aromatic rings. The molecular weight excluding hydrogens is 388 g/mol. The summed E-state index contributed by atoms with van der Waals surface area (Å²) in [5.74, 6) is -0.952. The van der Waals surface area contributed by atoms with Crippen LogP contribution < -0.4 is 10.6 Å². The van der Waals surface area contributed by atoms with Gasteiger partial charge in [-0.25, -0.2) is 0 Å². The maximum Gasteiger partial charge on any atom is 0.257 e. The Morgan fingerprint density at radius 2 is 1.42 bits per heavy atom. The van der Waals surface area contributed by atoms with Crippen molar-refractivity contribution in [2.45, 2.75) is 20.0 Å². The number of nitrogens with one attached hydrogen (secondary N) is 2. The molecule has 0 saturated carbocycles. The van der Waals surface area contributed by atoms with Gasteiger partial charge in [-0.2, -0.15) is 5.26 Å². The van der Waals surface area contributed by atoms with E-state index in [1.807, 2.05) is 67.6 Å². The summed E-state index contributed by atoms with van der Waals surface area (Å²) in [5, 5.41) is 14.9. The van der Waals surface area contributed by atoms with E-state index < -0.39 is 11.8 Å². The minimum atomic E-state index is -0.476. The summed E-state index contributed by atoms with van der Waals surface area (Å²) < 4.78 is 1.73. The van der Waals surface area contributed by atoms with E-state index in [9.17, 15) is 14.9 Å². The molecule has 0 aliphatic rings. The smallest absolute Gasteiger partial charge is 0.257 e. The SMILES string of the molecule is Cc1c(C=C(C(=O)NCc2ccccc2)C(=O)NCc2ccccc2)cc(C#N)n1C. The molecule has 0 fully saturated rings. The van der Waals surface area contributed by atoms with Gasteiger partial charge in [-0.15, -0.1) is 0 Å². The number of amides is 2. The summed E-state index contributed by atoms with van der Waals surface area (Å²) in [7, 11) is 1.77. The molecule has 0 radical (unpaired) electrons. The molecule has 3 rings (SSSR count). The summed E-state index contributed by atoms with van der Waals surface area (Å²) in [6.45, 7) is 2.45. The van der Waals surface area contributed by atoms with Crippen molar-refractivity contribution >= 4 is 17.9 Å². The monoisotopic (exact) mass is 412 g/mol. The number of hydrogen-bond donors (Lipinski definition) is 2. The second kappa shape index (κ2) is 10.1. The first kappa shape index (κ1) is 21.6. The van der Waals surface area contributed by atoms with E-state index >= 15 is 0 Å². The first-order valence-corrected chi connectivity index (χ1v) is 9.92. The molecule has 0 bridgehead atoms. The molecule has 156 valence electrons. The molecule has 0 unspecified atom stereocenters. The van der Waals surface area contributed by atoms with Gasteiger partial charge in [0.25, 0.3) is 11.8 Å². The lowest BCUT2D eigenvalue weighted by atomic mass is 10.1. The Balaban J connectivity index is 1.84. The summed E-state index contributed by atoms with van der Waals surface area (Å²) in [6.07, 6.45) is 1.54. The van der Waals surface area contributed by atoms with Crippen molar-refractivity contribution in [3.8, 4) is 6.07 Å². The molecular formula is C25H24N4O2. The Bertz CT molecular complexity index is 1080. The highest BCUT2D eigenvalue weighted by Gasteiger charge is 2.20. The number of nitrogens with zero attached hydrogens (tertiary/aromatic N) is 2. The van der Waals surface area contributed by atoms with Crippen LogP contribution in [0.4, 0.5) is 0 Å². The Morgan fingerprint density at radius 1 is 0.935 bits per heavy atom. The van der Waals surface area contributed by atoms with Crippen LogP contribution in [0.5, 0.6) is 0 Å². The average Bonchev–Trinajstić information content (AvgIpc) is 3.08. The summed E-state index contributed by atoms with van der Waals surface area (Å²) in [5.41, 5.74) is 3.76. The largest absolute Gasteiger partial charge is 0.348 e. The lowest BCUT2D eigenvalue weighted by Gasteiger charge is -2.11. The Labute approximate surface area is 181 Å². The summed E-state index contributed by atoms with van der Waals surface area (Å²) >= 11 is 0. The van der Waals surface area contributed by atoms with Gasteiger partial charge in [0.15, 0.2) is 0 Å². The molecule has 0 aliphatic heterocycles. The van der Waals surface area contributed by atoms with E-state index in [2.05, 4.69) is 16.7 Å². The van der Waals surface area contributed by atoms with E-state index in [0.29, 0.717) is 24.3 Å². The Morgan fingerprint density at radius 3 is 1.84 bits per heavy atom. The van der Waals surface area contributed by atoms with Crippen molar-refractivity contribution in [3.63, 3.8) is 0 Å². The van der Waals surface area contributed by atoms with Gasteiger partial charge >= 0.3 is 0 Å². The number of carbonyl (C=O) groups is 2. The van der Waals surface area contributed by atoms with Crippen LogP contribution in [-0.2, 0) is 29.7 Å². The molecule has 2 amide bonds. The highest BCUT2D eigenvalue weighted by Crippen LogP contribution is 2.17. The van der Waals surface area contributed by atoms with E-state index in [1.165, 1.54) is 6.08 Å². The average molecular weight is 412 g/mol. The van der Waals surface area contributed by atoms with Crippen molar-refractivity contribution in [2.24, 2.45) is 7.05 Å². The third kappa shape index (κ3) is 5.49. The quantitative estimate of drug-likeness (QED) is 0.355. The molecule has 0 aliphatic carbocycles. The predicted molar refractivity (Wildman–Crippen MR) is 119 cm³/mol. The van der Waals surface area contributed by atoms with Crippen molar-refractivity contribution in [2.75, 3.05) is 0 Å². The minimum absolute atomic E-state index is 0.00921. The van der Waals surface area contributed by atoms with Crippen LogP contribution in [0.3, 0.4) is 0 Å². The standard InChI is InChI=1S/C25H24N4O2/c1-18-21(13-22(15-26)29(18)2)14-23(24(30)27-16-19-9-5-3-6-10-19)25(31)28-17-20-11-7-4-8-12-20/h3-14H,16-17H2,1-2H3,(H,27,30)(H,28,31). The van der Waals surface area contributed by atoms with E-state index in [-0.39, 0.29) is 5.57 Å². The molecule has 6 nitrogen and oxygen atoms in total. The van der Waals surface area contributed by atoms with Gasteiger partial charge in [0, 0.05) is 25.8 Å². The number of hydrogen-bond acceptors (Lipinski definition) is 3. The molecule has 1 aromatic heterocycles. The fourth-order valence-electron chi connectivity index (χ4n) is 3.11. The Kier molecular flexibility index (Phi) is 7.02. The lowest BCUT2D eigenvalue weighted by molar-refractivity contribution is -0.123. The van der Waals surface area contributed by atoms with Crippen LogP contribution in [0.25, 0.3) is 6.08 Å². The molecule has 0 atom stereocenters. The predicted octanol–water partition coefficient (Wildman–Crippen LogP) is 3.22. The topological polar surface area (TPSA) is 86.9 Å². The molecule has 2 aromatic carbocycles. The van der Waals surface area contributed by atoms with Crippen LogP contribution in [-0.4, -0.2) is 16.4 Å². The third-order valence-corrected chi connectivity index (χ3v) is 5.07. The van der Waals surface area contributed by atoms with Gasteiger partial charge in [0.1, 0.15) is 17.3 Å². The first-order valence-electron chi connectivity index (χ1n) is 9.92. The van der Waals surface area contributed by atoms with E-state index in [0.717, 1.165) is 16.8 Å². The van der Waals surface area contributed by atoms with Gasteiger partial charge < -0.3 is 15.2 Å². The van der Waals surface area contributed by atoms with Crippen LogP contribution in [0.15, 0.2) is 72.3 Å². The fraction of sp³-hybridized carbons (Fsp3) is 0.160. The second-order valence-corrected chi connectivity index (χ2v) is 7.14. The highest BCUT2D eigenvalue weighted by atomic mass is 16.2. The zero-order valence-electron chi connectivity index (χ0n) is 17.6. The zero-order chi connectivity index (χ0) is 22.2. The molecule has 0 saturated heterocycles. The van der Waals surface area contributed by atoms with Crippen molar-refractivity contribution in [3.05, 3.63) is 100 Å². The molecule has 1 heterocycles. The minimum Gasteiger partial charge on any atom is -0.348 e. The highest BCUT2D eigenvalue weighted by molar-refractivity contribution is 6.21. The van der Waals surface area contributed by atoms with Gasteiger partial charge in [-0.3, -0.25) is 9.59 Å². The normalized spacial score (nSPS) is 10.1. The van der Waals surface area contributed by atoms with Gasteiger partial charge in [-0.1, -0.05) is 60.7 Å². The van der Waals surface area contributed by atoms with Crippen molar-refractivity contribution < 1.29 is 9.59 Å². The van der Waals surface area contributed by atoms with E-state index in [4.69, 9.17) is 0 Å². The van der Waals surface area contributed by atoms with Gasteiger partial charge in [0.05, 0.1) is 0 Å². The van der Waals surface area contributed by atoms with Crippen molar-refractivity contribution in [1.82, 2.24) is 15.2 Å². The molecule has 0 spiro atoms. The van der Waals surface area contributed by atoms with Crippen LogP contribution in [0, 0.1) is 18.3 Å². The lowest BCUT2D eigenvalue weighted by Crippen LogP contribution is -2.34. The zero-order valence-corrected chi connectivity index (χ0v) is 17.6.